The van der Waals surface area contributed by atoms with Crippen molar-refractivity contribution in [3.05, 3.63) is 84.9 Å². The Morgan fingerprint density at radius 3 is 1.37 bits per heavy atom. The second kappa shape index (κ2) is 5.28. The van der Waals surface area contributed by atoms with Gasteiger partial charge in [0, 0.05) is 51.1 Å². The van der Waals surface area contributed by atoms with E-state index in [2.05, 4.69) is 84.9 Å². The molecule has 0 atom stereocenters. The molecular weight excluding hydrogens is 400 g/mol. The van der Waals surface area contributed by atoms with Crippen LogP contribution >= 0.6 is 22.7 Å². The molecule has 2 aromatic heterocycles. The Morgan fingerprint density at radius 1 is 0.400 bits per heavy atom. The minimum Gasteiger partial charge on any atom is -0.135 e. The zero-order chi connectivity index (χ0) is 19.4. The summed E-state index contributed by atoms with van der Waals surface area (Å²) in [5.74, 6) is 0. The van der Waals surface area contributed by atoms with E-state index in [9.17, 15) is 0 Å². The molecule has 0 radical (unpaired) electrons. The first kappa shape index (κ1) is 15.6. The van der Waals surface area contributed by atoms with Crippen molar-refractivity contribution in [1.29, 1.82) is 0 Å². The van der Waals surface area contributed by atoms with Crippen LogP contribution in [-0.2, 0) is 0 Å². The molecule has 0 bridgehead atoms. The van der Waals surface area contributed by atoms with E-state index < -0.39 is 0 Å². The monoisotopic (exact) mass is 414 g/mol. The largest absolute Gasteiger partial charge is 0.135 e. The summed E-state index contributed by atoms with van der Waals surface area (Å²) in [6.07, 6.45) is 0. The van der Waals surface area contributed by atoms with Crippen molar-refractivity contribution in [3.63, 3.8) is 0 Å². The van der Waals surface area contributed by atoms with Gasteiger partial charge in [0.1, 0.15) is 0 Å². The average Bonchev–Trinajstić information content (AvgIpc) is 3.35. The number of benzene rings is 6. The molecule has 0 nitrogen and oxygen atoms in total. The van der Waals surface area contributed by atoms with Crippen LogP contribution in [0.2, 0.25) is 0 Å². The predicted molar refractivity (Wildman–Crippen MR) is 136 cm³/mol. The summed E-state index contributed by atoms with van der Waals surface area (Å²) < 4.78 is 5.56. The zero-order valence-electron chi connectivity index (χ0n) is 15.9. The molecule has 0 unspecified atom stereocenters. The van der Waals surface area contributed by atoms with Crippen molar-refractivity contribution < 1.29 is 0 Å². The van der Waals surface area contributed by atoms with Gasteiger partial charge in [0.15, 0.2) is 0 Å². The van der Waals surface area contributed by atoms with E-state index in [1.54, 1.807) is 0 Å². The number of hydrogen-bond donors (Lipinski definition) is 0. The van der Waals surface area contributed by atoms with Crippen LogP contribution in [0.5, 0.6) is 0 Å². The fraction of sp³-hybridized carbons (Fsp3) is 0. The number of thiophene rings is 2. The highest BCUT2D eigenvalue weighted by molar-refractivity contribution is 7.27. The maximum atomic E-state index is 2.41. The van der Waals surface area contributed by atoms with Crippen LogP contribution in [0.3, 0.4) is 0 Å². The lowest BCUT2D eigenvalue weighted by Crippen LogP contribution is -1.84. The van der Waals surface area contributed by atoms with Crippen LogP contribution in [0.4, 0.5) is 0 Å². The summed E-state index contributed by atoms with van der Waals surface area (Å²) in [5.41, 5.74) is 0. The fourth-order valence-electron chi connectivity index (χ4n) is 5.30. The Morgan fingerprint density at radius 2 is 0.867 bits per heavy atom. The molecule has 6 aromatic carbocycles. The lowest BCUT2D eigenvalue weighted by atomic mass is 9.92. The van der Waals surface area contributed by atoms with Crippen molar-refractivity contribution in [2.75, 3.05) is 0 Å². The first-order valence-electron chi connectivity index (χ1n) is 10.2. The molecule has 8 aromatic rings. The van der Waals surface area contributed by atoms with Gasteiger partial charge in [-0.2, -0.15) is 0 Å². The lowest BCUT2D eigenvalue weighted by Gasteiger charge is -2.12. The number of fused-ring (bicyclic) bond motifs is 8. The number of hydrogen-bond acceptors (Lipinski definition) is 2. The van der Waals surface area contributed by atoms with Crippen LogP contribution in [0.25, 0.3) is 72.7 Å². The van der Waals surface area contributed by atoms with Gasteiger partial charge in [-0.15, -0.1) is 22.7 Å². The highest BCUT2D eigenvalue weighted by atomic mass is 32.1. The Bertz CT molecular complexity index is 1810. The third kappa shape index (κ3) is 1.78. The normalized spacial score (nSPS) is 12.7. The van der Waals surface area contributed by atoms with Gasteiger partial charge in [-0.25, -0.2) is 0 Å². The van der Waals surface area contributed by atoms with Crippen molar-refractivity contribution in [3.8, 4) is 0 Å². The summed E-state index contributed by atoms with van der Waals surface area (Å²) in [6, 6.07) is 31.8. The van der Waals surface area contributed by atoms with Crippen LogP contribution in [0.1, 0.15) is 0 Å². The van der Waals surface area contributed by atoms with Gasteiger partial charge in [-0.05, 0) is 45.8 Å². The van der Waals surface area contributed by atoms with Gasteiger partial charge in [0.25, 0.3) is 0 Å². The molecule has 0 N–H and O–H groups in total. The van der Waals surface area contributed by atoms with E-state index in [1.807, 2.05) is 22.7 Å². The van der Waals surface area contributed by atoms with Gasteiger partial charge < -0.3 is 0 Å². The fourth-order valence-corrected chi connectivity index (χ4v) is 7.72. The summed E-state index contributed by atoms with van der Waals surface area (Å²) in [6.45, 7) is 0. The minimum atomic E-state index is 1.35. The summed E-state index contributed by atoms with van der Waals surface area (Å²) in [7, 11) is 0. The lowest BCUT2D eigenvalue weighted by molar-refractivity contribution is 1.86. The molecule has 2 heteroatoms. The maximum Gasteiger partial charge on any atom is 0.0434 e. The predicted octanol–water partition coefficient (Wildman–Crippen LogP) is 9.32. The molecule has 138 valence electrons. The summed E-state index contributed by atoms with van der Waals surface area (Å²) >= 11 is 3.85. The van der Waals surface area contributed by atoms with Gasteiger partial charge in [-0.3, -0.25) is 0 Å². The van der Waals surface area contributed by atoms with E-state index in [0.717, 1.165) is 0 Å². The van der Waals surface area contributed by atoms with E-state index in [1.165, 1.54) is 72.7 Å². The molecule has 8 rings (SSSR count). The molecule has 0 saturated heterocycles. The Kier molecular flexibility index (Phi) is 2.75. The van der Waals surface area contributed by atoms with E-state index >= 15 is 0 Å². The van der Waals surface area contributed by atoms with E-state index in [4.69, 9.17) is 0 Å². The third-order valence-electron chi connectivity index (χ3n) is 6.58. The molecule has 30 heavy (non-hydrogen) atoms. The molecule has 0 fully saturated rings. The average molecular weight is 415 g/mol. The van der Waals surface area contributed by atoms with Gasteiger partial charge in [-0.1, -0.05) is 60.7 Å². The van der Waals surface area contributed by atoms with Gasteiger partial charge in [0.05, 0.1) is 0 Å². The van der Waals surface area contributed by atoms with Gasteiger partial charge in [0.2, 0.25) is 0 Å². The first-order valence-corrected chi connectivity index (χ1v) is 11.8. The van der Waals surface area contributed by atoms with Crippen LogP contribution in [0.15, 0.2) is 84.9 Å². The second-order valence-electron chi connectivity index (χ2n) is 8.13. The quantitative estimate of drug-likeness (QED) is 0.217. The van der Waals surface area contributed by atoms with Crippen molar-refractivity contribution in [2.24, 2.45) is 0 Å². The molecule has 0 spiro atoms. The van der Waals surface area contributed by atoms with Crippen LogP contribution in [0, 0.1) is 0 Å². The highest BCUT2D eigenvalue weighted by Crippen LogP contribution is 2.47. The third-order valence-corrected chi connectivity index (χ3v) is 9.02. The molecule has 0 aliphatic rings. The molecule has 0 aliphatic carbocycles. The topological polar surface area (TPSA) is 0 Å². The van der Waals surface area contributed by atoms with Crippen molar-refractivity contribution >= 4 is 95.3 Å². The van der Waals surface area contributed by atoms with E-state index in [-0.39, 0.29) is 0 Å². The van der Waals surface area contributed by atoms with Crippen molar-refractivity contribution in [1.82, 2.24) is 0 Å². The minimum absolute atomic E-state index is 1.35. The Hall–Kier alpha value is -3.20. The molecule has 0 saturated carbocycles. The smallest absolute Gasteiger partial charge is 0.0434 e. The SMILES string of the molecule is c1ccc2c(c1)sc1c2cc2ccc3cc4c5ccccc5sc4c4ccc1c2c34. The van der Waals surface area contributed by atoms with Crippen LogP contribution < -0.4 is 0 Å². The molecule has 0 amide bonds. The van der Waals surface area contributed by atoms with Crippen LogP contribution in [-0.4, -0.2) is 0 Å². The summed E-state index contributed by atoms with van der Waals surface area (Å²) in [5, 5.41) is 13.8. The molecule has 2 heterocycles. The second-order valence-corrected chi connectivity index (χ2v) is 10.2. The Balaban J connectivity index is 1.67. The molecular formula is C28H14S2. The van der Waals surface area contributed by atoms with E-state index in [0.29, 0.717) is 0 Å². The van der Waals surface area contributed by atoms with Crippen molar-refractivity contribution in [2.45, 2.75) is 0 Å². The molecule has 0 aliphatic heterocycles. The Labute approximate surface area is 179 Å². The standard InChI is InChI=1S/C28H14S2/c1-3-7-23-17(5-1)21-13-15-9-10-16-14-22-18-6-2-4-8-24(18)30-28(22)20-12-11-19(27(21)29-23)25(15)26(16)20/h1-14H. The first-order chi connectivity index (χ1) is 14.9. The number of rotatable bonds is 0. The highest BCUT2D eigenvalue weighted by Gasteiger charge is 2.17. The summed E-state index contributed by atoms with van der Waals surface area (Å²) in [4.78, 5) is 0. The maximum absolute atomic E-state index is 2.41. The van der Waals surface area contributed by atoms with Gasteiger partial charge >= 0.3 is 0 Å². The zero-order valence-corrected chi connectivity index (χ0v) is 17.5.